The SMILES string of the molecule is CCN(CC(=O)Nc1c(F)cccc1F)C(C)C(=O)NCc1ccccc1OC. The highest BCUT2D eigenvalue weighted by Gasteiger charge is 2.23. The maximum absolute atomic E-state index is 13.7. The predicted octanol–water partition coefficient (Wildman–Crippen LogP) is 2.94. The van der Waals surface area contributed by atoms with E-state index in [1.165, 1.54) is 6.07 Å². The van der Waals surface area contributed by atoms with Crippen molar-refractivity contribution < 1.29 is 23.1 Å². The van der Waals surface area contributed by atoms with Gasteiger partial charge in [-0.05, 0) is 31.7 Å². The molecule has 0 fully saturated rings. The van der Waals surface area contributed by atoms with Gasteiger partial charge in [-0.15, -0.1) is 0 Å². The Morgan fingerprint density at radius 3 is 2.38 bits per heavy atom. The van der Waals surface area contributed by atoms with E-state index in [9.17, 15) is 18.4 Å². The van der Waals surface area contributed by atoms with E-state index in [4.69, 9.17) is 4.74 Å². The van der Waals surface area contributed by atoms with E-state index in [1.54, 1.807) is 31.9 Å². The number of halogens is 2. The number of hydrogen-bond acceptors (Lipinski definition) is 4. The number of rotatable bonds is 9. The lowest BCUT2D eigenvalue weighted by atomic mass is 10.2. The van der Waals surface area contributed by atoms with Gasteiger partial charge in [-0.2, -0.15) is 0 Å². The van der Waals surface area contributed by atoms with E-state index in [-0.39, 0.29) is 19.0 Å². The van der Waals surface area contributed by atoms with Crippen LogP contribution in [0.4, 0.5) is 14.5 Å². The molecule has 1 unspecified atom stereocenters. The van der Waals surface area contributed by atoms with Crippen molar-refractivity contribution in [2.45, 2.75) is 26.4 Å². The van der Waals surface area contributed by atoms with Crippen molar-refractivity contribution in [3.8, 4) is 5.75 Å². The van der Waals surface area contributed by atoms with Crippen LogP contribution in [-0.2, 0) is 16.1 Å². The van der Waals surface area contributed by atoms with E-state index >= 15 is 0 Å². The van der Waals surface area contributed by atoms with Crippen LogP contribution >= 0.6 is 0 Å². The van der Waals surface area contributed by atoms with Crippen molar-refractivity contribution in [2.75, 3.05) is 25.5 Å². The Morgan fingerprint density at radius 2 is 1.76 bits per heavy atom. The maximum atomic E-state index is 13.7. The first-order valence-corrected chi connectivity index (χ1v) is 9.24. The summed E-state index contributed by atoms with van der Waals surface area (Å²) in [6.07, 6.45) is 0. The fourth-order valence-electron chi connectivity index (χ4n) is 2.85. The van der Waals surface area contributed by atoms with Crippen molar-refractivity contribution in [1.82, 2.24) is 10.2 Å². The van der Waals surface area contributed by atoms with Crippen LogP contribution in [0.25, 0.3) is 0 Å². The van der Waals surface area contributed by atoms with Gasteiger partial charge < -0.3 is 15.4 Å². The number of nitrogens with one attached hydrogen (secondary N) is 2. The topological polar surface area (TPSA) is 70.7 Å². The molecule has 0 aliphatic heterocycles. The van der Waals surface area contributed by atoms with Crippen molar-refractivity contribution >= 4 is 17.5 Å². The molecule has 0 aromatic heterocycles. The van der Waals surface area contributed by atoms with Crippen LogP contribution in [0, 0.1) is 11.6 Å². The van der Waals surface area contributed by atoms with Crippen molar-refractivity contribution in [2.24, 2.45) is 0 Å². The van der Waals surface area contributed by atoms with Crippen LogP contribution in [0.1, 0.15) is 19.4 Å². The Bertz CT molecular complexity index is 841. The highest BCUT2D eigenvalue weighted by molar-refractivity contribution is 5.93. The Morgan fingerprint density at radius 1 is 1.10 bits per heavy atom. The molecule has 0 heterocycles. The fourth-order valence-corrected chi connectivity index (χ4v) is 2.85. The average molecular weight is 405 g/mol. The second kappa shape index (κ2) is 10.5. The summed E-state index contributed by atoms with van der Waals surface area (Å²) in [5, 5.41) is 5.05. The molecule has 6 nitrogen and oxygen atoms in total. The Balaban J connectivity index is 1.95. The molecule has 1 atom stereocenters. The minimum Gasteiger partial charge on any atom is -0.496 e. The van der Waals surface area contributed by atoms with Crippen molar-refractivity contribution in [3.05, 3.63) is 59.7 Å². The number of para-hydroxylation sites is 2. The highest BCUT2D eigenvalue weighted by Crippen LogP contribution is 2.18. The van der Waals surface area contributed by atoms with E-state index in [1.807, 2.05) is 18.2 Å². The monoisotopic (exact) mass is 405 g/mol. The summed E-state index contributed by atoms with van der Waals surface area (Å²) >= 11 is 0. The van der Waals surface area contributed by atoms with E-state index < -0.39 is 29.3 Å². The summed E-state index contributed by atoms with van der Waals surface area (Å²) in [5.74, 6) is -1.94. The summed E-state index contributed by atoms with van der Waals surface area (Å²) in [5.41, 5.74) is 0.327. The number of nitrogens with zero attached hydrogens (tertiary/aromatic N) is 1. The molecule has 2 amide bonds. The number of hydrogen-bond donors (Lipinski definition) is 2. The summed E-state index contributed by atoms with van der Waals surface area (Å²) in [7, 11) is 1.55. The Labute approximate surface area is 168 Å². The molecule has 2 N–H and O–H groups in total. The number of carbonyl (C=O) groups excluding carboxylic acids is 2. The number of likely N-dealkylation sites (N-methyl/N-ethyl adjacent to an activating group) is 1. The highest BCUT2D eigenvalue weighted by atomic mass is 19.1. The molecule has 156 valence electrons. The zero-order valence-electron chi connectivity index (χ0n) is 16.7. The van der Waals surface area contributed by atoms with Crippen LogP contribution in [-0.4, -0.2) is 43.0 Å². The smallest absolute Gasteiger partial charge is 0.238 e. The molecule has 0 spiro atoms. The van der Waals surface area contributed by atoms with Crippen LogP contribution in [0.2, 0.25) is 0 Å². The number of benzene rings is 2. The standard InChI is InChI=1S/C21H25F2N3O3/c1-4-26(13-19(27)25-20-16(22)9-7-10-17(20)23)14(2)21(28)24-12-15-8-5-6-11-18(15)29-3/h5-11,14H,4,12-13H2,1-3H3,(H,24,28)(H,25,27). The van der Waals surface area contributed by atoms with Crippen LogP contribution in [0.3, 0.4) is 0 Å². The Kier molecular flexibility index (Phi) is 8.09. The lowest BCUT2D eigenvalue weighted by Crippen LogP contribution is -2.47. The van der Waals surface area contributed by atoms with Crippen LogP contribution < -0.4 is 15.4 Å². The predicted molar refractivity (Wildman–Crippen MR) is 107 cm³/mol. The van der Waals surface area contributed by atoms with Crippen LogP contribution in [0.5, 0.6) is 5.75 Å². The van der Waals surface area contributed by atoms with Gasteiger partial charge in [0.25, 0.3) is 0 Å². The first-order valence-electron chi connectivity index (χ1n) is 9.24. The normalized spacial score (nSPS) is 11.8. The van der Waals surface area contributed by atoms with Gasteiger partial charge >= 0.3 is 0 Å². The van der Waals surface area contributed by atoms with E-state index in [0.29, 0.717) is 12.3 Å². The molecule has 29 heavy (non-hydrogen) atoms. The molecule has 0 aliphatic rings. The van der Waals surface area contributed by atoms with Gasteiger partial charge in [0, 0.05) is 12.1 Å². The zero-order valence-corrected chi connectivity index (χ0v) is 16.7. The lowest BCUT2D eigenvalue weighted by Gasteiger charge is -2.26. The summed E-state index contributed by atoms with van der Waals surface area (Å²) < 4.78 is 32.7. The number of ether oxygens (including phenoxy) is 1. The summed E-state index contributed by atoms with van der Waals surface area (Å²) in [6, 6.07) is 10.0. The minimum absolute atomic E-state index is 0.187. The molecule has 0 saturated heterocycles. The quantitative estimate of drug-likeness (QED) is 0.673. The van der Waals surface area contributed by atoms with Crippen molar-refractivity contribution in [1.29, 1.82) is 0 Å². The largest absolute Gasteiger partial charge is 0.496 e. The van der Waals surface area contributed by atoms with Crippen molar-refractivity contribution in [3.63, 3.8) is 0 Å². The molecule has 2 aromatic rings. The van der Waals surface area contributed by atoms with Gasteiger partial charge in [0.05, 0.1) is 19.7 Å². The first kappa shape index (κ1) is 22.3. The van der Waals surface area contributed by atoms with Gasteiger partial charge in [0.15, 0.2) is 0 Å². The van der Waals surface area contributed by atoms with Crippen LogP contribution in [0.15, 0.2) is 42.5 Å². The molecule has 2 rings (SSSR count). The van der Waals surface area contributed by atoms with Gasteiger partial charge in [-0.1, -0.05) is 31.2 Å². The lowest BCUT2D eigenvalue weighted by molar-refractivity contribution is -0.127. The molecule has 0 saturated carbocycles. The number of anilines is 1. The number of carbonyl (C=O) groups is 2. The first-order chi connectivity index (χ1) is 13.9. The molecule has 0 aliphatic carbocycles. The number of methoxy groups -OCH3 is 1. The summed E-state index contributed by atoms with van der Waals surface area (Å²) in [4.78, 5) is 26.4. The third kappa shape index (κ3) is 5.99. The van der Waals surface area contributed by atoms with Gasteiger partial charge in [0.1, 0.15) is 23.1 Å². The van der Waals surface area contributed by atoms with Gasteiger partial charge in [-0.3, -0.25) is 14.5 Å². The van der Waals surface area contributed by atoms with E-state index in [2.05, 4.69) is 10.6 Å². The minimum atomic E-state index is -0.857. The third-order valence-electron chi connectivity index (χ3n) is 4.55. The summed E-state index contributed by atoms with van der Waals surface area (Å²) in [6.45, 7) is 3.94. The second-order valence-electron chi connectivity index (χ2n) is 6.41. The maximum Gasteiger partial charge on any atom is 0.238 e. The number of amides is 2. The second-order valence-corrected chi connectivity index (χ2v) is 6.41. The fraction of sp³-hybridized carbons (Fsp3) is 0.333. The van der Waals surface area contributed by atoms with Gasteiger partial charge in [0.2, 0.25) is 11.8 Å². The van der Waals surface area contributed by atoms with Gasteiger partial charge in [-0.25, -0.2) is 8.78 Å². The molecule has 8 heteroatoms. The van der Waals surface area contributed by atoms with E-state index in [0.717, 1.165) is 17.7 Å². The molecule has 2 aromatic carbocycles. The molecular formula is C21H25F2N3O3. The average Bonchev–Trinajstić information content (AvgIpc) is 2.72. The Hall–Kier alpha value is -3.00. The zero-order chi connectivity index (χ0) is 21.4. The molecular weight excluding hydrogens is 380 g/mol. The third-order valence-corrected chi connectivity index (χ3v) is 4.55. The molecule has 0 radical (unpaired) electrons. The molecule has 0 bridgehead atoms.